The molecule has 1 N–H and O–H groups in total. The van der Waals surface area contributed by atoms with Gasteiger partial charge in [0.05, 0.1) is 12.1 Å². The molecule has 0 aliphatic carbocycles. The second-order valence-corrected chi connectivity index (χ2v) is 3.76. The minimum Gasteiger partial charge on any atom is -0.495 e. The molecule has 5 heteroatoms. The Hall–Kier alpha value is -1.81. The normalized spacial score (nSPS) is 10.1. The molecule has 0 aliphatic heterocycles. The van der Waals surface area contributed by atoms with Crippen molar-refractivity contribution in [3.63, 3.8) is 0 Å². The number of anilines is 1. The first kappa shape index (κ1) is 11.7. The standard InChI is InChI=1S/C12H12ClN3O/c1-14-12-11(15-5-6-16-12)8-3-4-10(17-2)9(13)7-8/h3-7H,1-2H3,(H,14,16). The highest BCUT2D eigenvalue weighted by atomic mass is 35.5. The molecule has 0 fully saturated rings. The lowest BCUT2D eigenvalue weighted by Crippen LogP contribution is -1.97. The molecule has 2 aromatic rings. The molecule has 0 radical (unpaired) electrons. The van der Waals surface area contributed by atoms with Gasteiger partial charge in [-0.15, -0.1) is 0 Å². The number of hydrogen-bond acceptors (Lipinski definition) is 4. The zero-order chi connectivity index (χ0) is 12.3. The Morgan fingerprint density at radius 3 is 2.65 bits per heavy atom. The zero-order valence-electron chi connectivity index (χ0n) is 9.57. The lowest BCUT2D eigenvalue weighted by molar-refractivity contribution is 0.415. The topological polar surface area (TPSA) is 47.0 Å². The number of ether oxygens (including phenoxy) is 1. The van der Waals surface area contributed by atoms with Gasteiger partial charge in [-0.3, -0.25) is 4.98 Å². The van der Waals surface area contributed by atoms with E-state index in [-0.39, 0.29) is 0 Å². The summed E-state index contributed by atoms with van der Waals surface area (Å²) in [6.45, 7) is 0. The summed E-state index contributed by atoms with van der Waals surface area (Å²) in [5, 5.41) is 3.55. The summed E-state index contributed by atoms with van der Waals surface area (Å²) in [6.07, 6.45) is 3.29. The van der Waals surface area contributed by atoms with Gasteiger partial charge in [-0.05, 0) is 18.2 Å². The van der Waals surface area contributed by atoms with Crippen molar-refractivity contribution in [1.29, 1.82) is 0 Å². The van der Waals surface area contributed by atoms with Crippen LogP contribution in [0.4, 0.5) is 5.82 Å². The van der Waals surface area contributed by atoms with Gasteiger partial charge in [-0.25, -0.2) is 4.98 Å². The minimum absolute atomic E-state index is 0.553. The first-order chi connectivity index (χ1) is 8.26. The molecular formula is C12H12ClN3O. The van der Waals surface area contributed by atoms with Crippen LogP contribution in [0.1, 0.15) is 0 Å². The molecule has 0 bridgehead atoms. The van der Waals surface area contributed by atoms with Gasteiger partial charge in [0, 0.05) is 25.0 Å². The van der Waals surface area contributed by atoms with Gasteiger partial charge in [0.2, 0.25) is 0 Å². The van der Waals surface area contributed by atoms with E-state index in [0.717, 1.165) is 11.3 Å². The number of aromatic nitrogens is 2. The molecule has 0 unspecified atom stereocenters. The molecule has 17 heavy (non-hydrogen) atoms. The number of rotatable bonds is 3. The van der Waals surface area contributed by atoms with Crippen molar-refractivity contribution in [2.45, 2.75) is 0 Å². The van der Waals surface area contributed by atoms with Crippen LogP contribution >= 0.6 is 11.6 Å². The third-order valence-corrected chi connectivity index (χ3v) is 2.66. The van der Waals surface area contributed by atoms with Crippen LogP contribution in [0, 0.1) is 0 Å². The van der Waals surface area contributed by atoms with Gasteiger partial charge < -0.3 is 10.1 Å². The Kier molecular flexibility index (Phi) is 3.44. The SMILES string of the molecule is CNc1nccnc1-c1ccc(OC)c(Cl)c1. The van der Waals surface area contributed by atoms with E-state index in [1.165, 1.54) is 0 Å². The van der Waals surface area contributed by atoms with E-state index < -0.39 is 0 Å². The van der Waals surface area contributed by atoms with Gasteiger partial charge >= 0.3 is 0 Å². The van der Waals surface area contributed by atoms with E-state index in [1.807, 2.05) is 18.2 Å². The highest BCUT2D eigenvalue weighted by Crippen LogP contribution is 2.31. The Morgan fingerprint density at radius 2 is 2.00 bits per heavy atom. The first-order valence-electron chi connectivity index (χ1n) is 5.09. The van der Waals surface area contributed by atoms with E-state index in [0.29, 0.717) is 16.6 Å². The summed E-state index contributed by atoms with van der Waals surface area (Å²) in [5.41, 5.74) is 1.66. The van der Waals surface area contributed by atoms with Gasteiger partial charge in [0.25, 0.3) is 0 Å². The molecule has 0 saturated carbocycles. The smallest absolute Gasteiger partial charge is 0.152 e. The fourth-order valence-electron chi connectivity index (χ4n) is 1.55. The van der Waals surface area contributed by atoms with Crippen molar-refractivity contribution in [3.8, 4) is 17.0 Å². The Balaban J connectivity index is 2.49. The molecular weight excluding hydrogens is 238 g/mol. The fraction of sp³-hybridized carbons (Fsp3) is 0.167. The molecule has 1 heterocycles. The average molecular weight is 250 g/mol. The van der Waals surface area contributed by atoms with E-state index in [2.05, 4.69) is 15.3 Å². The Morgan fingerprint density at radius 1 is 1.24 bits per heavy atom. The predicted octanol–water partition coefficient (Wildman–Crippen LogP) is 2.85. The van der Waals surface area contributed by atoms with Crippen molar-refractivity contribution < 1.29 is 4.74 Å². The molecule has 1 aromatic heterocycles. The maximum Gasteiger partial charge on any atom is 0.152 e. The van der Waals surface area contributed by atoms with E-state index >= 15 is 0 Å². The van der Waals surface area contributed by atoms with Crippen LogP contribution in [0.3, 0.4) is 0 Å². The number of hydrogen-bond donors (Lipinski definition) is 1. The van der Waals surface area contributed by atoms with Gasteiger partial charge in [-0.1, -0.05) is 11.6 Å². The van der Waals surface area contributed by atoms with Crippen LogP contribution in [0.5, 0.6) is 5.75 Å². The number of nitrogens with one attached hydrogen (secondary N) is 1. The van der Waals surface area contributed by atoms with E-state index in [9.17, 15) is 0 Å². The third-order valence-electron chi connectivity index (χ3n) is 2.36. The summed E-state index contributed by atoms with van der Waals surface area (Å²) < 4.78 is 5.11. The van der Waals surface area contributed by atoms with Crippen molar-refractivity contribution in [3.05, 3.63) is 35.6 Å². The fourth-order valence-corrected chi connectivity index (χ4v) is 1.80. The molecule has 0 aliphatic rings. The second-order valence-electron chi connectivity index (χ2n) is 3.35. The predicted molar refractivity (Wildman–Crippen MR) is 68.6 cm³/mol. The van der Waals surface area contributed by atoms with E-state index in [4.69, 9.17) is 16.3 Å². The monoisotopic (exact) mass is 249 g/mol. The molecule has 0 saturated heterocycles. The summed E-state index contributed by atoms with van der Waals surface area (Å²) in [5.74, 6) is 1.36. The lowest BCUT2D eigenvalue weighted by Gasteiger charge is -2.08. The van der Waals surface area contributed by atoms with E-state index in [1.54, 1.807) is 26.6 Å². The number of nitrogens with zero attached hydrogens (tertiary/aromatic N) is 2. The summed E-state index contributed by atoms with van der Waals surface area (Å²) in [4.78, 5) is 8.49. The van der Waals surface area contributed by atoms with Gasteiger partial charge in [0.15, 0.2) is 5.82 Å². The molecule has 88 valence electrons. The lowest BCUT2D eigenvalue weighted by atomic mass is 10.1. The minimum atomic E-state index is 0.553. The van der Waals surface area contributed by atoms with Crippen molar-refractivity contribution in [2.24, 2.45) is 0 Å². The molecule has 0 atom stereocenters. The number of halogens is 1. The van der Waals surface area contributed by atoms with Crippen LogP contribution in [0.2, 0.25) is 5.02 Å². The highest BCUT2D eigenvalue weighted by molar-refractivity contribution is 6.32. The molecule has 0 spiro atoms. The zero-order valence-corrected chi connectivity index (χ0v) is 10.3. The molecule has 2 rings (SSSR count). The summed E-state index contributed by atoms with van der Waals surface area (Å²) >= 11 is 6.08. The van der Waals surface area contributed by atoms with Crippen LogP contribution in [0.25, 0.3) is 11.3 Å². The van der Waals surface area contributed by atoms with Crippen LogP contribution in [0.15, 0.2) is 30.6 Å². The maximum absolute atomic E-state index is 6.08. The van der Waals surface area contributed by atoms with Crippen LogP contribution in [-0.2, 0) is 0 Å². The van der Waals surface area contributed by atoms with Crippen molar-refractivity contribution in [2.75, 3.05) is 19.5 Å². The Bertz CT molecular complexity index is 531. The number of methoxy groups -OCH3 is 1. The Labute approximate surface area is 105 Å². The maximum atomic E-state index is 6.08. The third kappa shape index (κ3) is 2.31. The summed E-state index contributed by atoms with van der Waals surface area (Å²) in [7, 11) is 3.39. The van der Waals surface area contributed by atoms with Gasteiger partial charge in [-0.2, -0.15) is 0 Å². The van der Waals surface area contributed by atoms with Crippen LogP contribution in [-0.4, -0.2) is 24.1 Å². The number of benzene rings is 1. The highest BCUT2D eigenvalue weighted by Gasteiger charge is 2.09. The second kappa shape index (κ2) is 5.01. The van der Waals surface area contributed by atoms with Gasteiger partial charge in [0.1, 0.15) is 11.4 Å². The molecule has 0 amide bonds. The quantitative estimate of drug-likeness (QED) is 0.909. The summed E-state index contributed by atoms with van der Waals surface area (Å²) in [6, 6.07) is 5.52. The van der Waals surface area contributed by atoms with Crippen molar-refractivity contribution >= 4 is 17.4 Å². The molecule has 1 aromatic carbocycles. The van der Waals surface area contributed by atoms with Crippen molar-refractivity contribution in [1.82, 2.24) is 9.97 Å². The molecule has 4 nitrogen and oxygen atoms in total. The first-order valence-corrected chi connectivity index (χ1v) is 5.46. The van der Waals surface area contributed by atoms with Crippen LogP contribution < -0.4 is 10.1 Å². The average Bonchev–Trinajstić information content (AvgIpc) is 2.38. The largest absolute Gasteiger partial charge is 0.495 e.